The second-order valence-electron chi connectivity index (χ2n) is 7.14. The van der Waals surface area contributed by atoms with Crippen LogP contribution in [0.4, 0.5) is 0 Å². The van der Waals surface area contributed by atoms with Gasteiger partial charge in [0.05, 0.1) is 6.26 Å². The van der Waals surface area contributed by atoms with E-state index in [0.717, 1.165) is 37.1 Å². The molecule has 4 rings (SSSR count). The molecule has 0 saturated carbocycles. The van der Waals surface area contributed by atoms with Crippen molar-refractivity contribution in [1.29, 1.82) is 0 Å². The Labute approximate surface area is 153 Å². The van der Waals surface area contributed by atoms with Gasteiger partial charge < -0.3 is 14.2 Å². The van der Waals surface area contributed by atoms with Gasteiger partial charge in [0, 0.05) is 26.1 Å². The molecule has 2 aromatic rings. The molecule has 0 unspecified atom stereocenters. The molecule has 0 aliphatic carbocycles. The molecule has 1 aromatic carbocycles. The molecule has 2 aliphatic heterocycles. The van der Waals surface area contributed by atoms with Gasteiger partial charge in [0.1, 0.15) is 6.04 Å². The smallest absolute Gasteiger partial charge is 0.290 e. The van der Waals surface area contributed by atoms with E-state index in [1.54, 1.807) is 17.0 Å². The predicted molar refractivity (Wildman–Crippen MR) is 97.6 cm³/mol. The zero-order chi connectivity index (χ0) is 17.9. The Morgan fingerprint density at radius 3 is 2.35 bits per heavy atom. The fraction of sp³-hybridized carbons (Fsp3) is 0.429. The summed E-state index contributed by atoms with van der Waals surface area (Å²) < 4.78 is 5.31. The highest BCUT2D eigenvalue weighted by Crippen LogP contribution is 2.27. The predicted octanol–water partition coefficient (Wildman–Crippen LogP) is 3.25. The molecule has 0 radical (unpaired) electrons. The monoisotopic (exact) mass is 352 g/mol. The number of hydrogen-bond acceptors (Lipinski definition) is 3. The molecular formula is C21H24N2O3. The van der Waals surface area contributed by atoms with Crippen LogP contribution in [0.5, 0.6) is 0 Å². The summed E-state index contributed by atoms with van der Waals surface area (Å²) in [6.07, 6.45) is 6.50. The minimum absolute atomic E-state index is 0.0707. The van der Waals surface area contributed by atoms with Crippen molar-refractivity contribution in [2.45, 2.75) is 44.7 Å². The zero-order valence-corrected chi connectivity index (χ0v) is 14.9. The summed E-state index contributed by atoms with van der Waals surface area (Å²) >= 11 is 0. The third-order valence-corrected chi connectivity index (χ3v) is 5.44. The molecule has 136 valence electrons. The lowest BCUT2D eigenvalue weighted by molar-refractivity contribution is -0.136. The average Bonchev–Trinajstić information content (AvgIpc) is 3.08. The molecule has 5 heteroatoms. The van der Waals surface area contributed by atoms with E-state index in [9.17, 15) is 9.59 Å². The van der Waals surface area contributed by atoms with E-state index >= 15 is 0 Å². The van der Waals surface area contributed by atoms with Crippen molar-refractivity contribution < 1.29 is 14.0 Å². The second kappa shape index (κ2) is 7.36. The number of carbonyl (C=O) groups excluding carboxylic acids is 2. The Morgan fingerprint density at radius 1 is 0.923 bits per heavy atom. The van der Waals surface area contributed by atoms with Crippen LogP contribution in [0.2, 0.25) is 0 Å². The second-order valence-corrected chi connectivity index (χ2v) is 7.14. The average molecular weight is 352 g/mol. The Morgan fingerprint density at radius 2 is 1.65 bits per heavy atom. The number of rotatable bonds is 2. The van der Waals surface area contributed by atoms with Gasteiger partial charge in [-0.05, 0) is 36.1 Å². The number of hydrogen-bond donors (Lipinski definition) is 0. The molecule has 0 spiro atoms. The summed E-state index contributed by atoms with van der Waals surface area (Å²) in [5, 5.41) is 0. The molecule has 2 amide bonds. The zero-order valence-electron chi connectivity index (χ0n) is 14.9. The quantitative estimate of drug-likeness (QED) is 0.834. The van der Waals surface area contributed by atoms with Gasteiger partial charge >= 0.3 is 0 Å². The number of fused-ring (bicyclic) bond motifs is 1. The number of nitrogens with zero attached hydrogens (tertiary/aromatic N) is 2. The van der Waals surface area contributed by atoms with Crippen LogP contribution in [0.3, 0.4) is 0 Å². The molecule has 1 saturated heterocycles. The maximum atomic E-state index is 13.3. The summed E-state index contributed by atoms with van der Waals surface area (Å²) in [7, 11) is 0. The summed E-state index contributed by atoms with van der Waals surface area (Å²) in [6, 6.07) is 11.0. The van der Waals surface area contributed by atoms with Crippen molar-refractivity contribution in [3.63, 3.8) is 0 Å². The first-order valence-corrected chi connectivity index (χ1v) is 9.44. The highest BCUT2D eigenvalue weighted by atomic mass is 16.3. The summed E-state index contributed by atoms with van der Waals surface area (Å²) in [5.41, 5.74) is 2.26. The van der Waals surface area contributed by atoms with Gasteiger partial charge in [-0.2, -0.15) is 0 Å². The van der Waals surface area contributed by atoms with E-state index in [2.05, 4.69) is 6.07 Å². The Hall–Kier alpha value is -2.56. The summed E-state index contributed by atoms with van der Waals surface area (Å²) in [6.45, 7) is 2.03. The summed E-state index contributed by atoms with van der Waals surface area (Å²) in [4.78, 5) is 29.9. The SMILES string of the molecule is O=C([C@H]1Cc2ccccc2CN1C(=O)c1ccco1)N1CCCCCC1. The minimum atomic E-state index is -0.458. The largest absolute Gasteiger partial charge is 0.459 e. The van der Waals surface area contributed by atoms with Crippen LogP contribution in [0.15, 0.2) is 47.1 Å². The van der Waals surface area contributed by atoms with E-state index in [1.807, 2.05) is 23.1 Å². The van der Waals surface area contributed by atoms with Crippen LogP contribution < -0.4 is 0 Å². The van der Waals surface area contributed by atoms with Crippen LogP contribution in [0.25, 0.3) is 0 Å². The first kappa shape index (κ1) is 16.9. The Kier molecular flexibility index (Phi) is 4.78. The third-order valence-electron chi connectivity index (χ3n) is 5.44. The molecule has 0 bridgehead atoms. The van der Waals surface area contributed by atoms with Crippen LogP contribution in [0, 0.1) is 0 Å². The van der Waals surface area contributed by atoms with Gasteiger partial charge in [0.2, 0.25) is 5.91 Å². The van der Waals surface area contributed by atoms with Crippen molar-refractivity contribution in [2.24, 2.45) is 0 Å². The van der Waals surface area contributed by atoms with Gasteiger partial charge in [-0.1, -0.05) is 37.1 Å². The van der Waals surface area contributed by atoms with Gasteiger partial charge in [-0.25, -0.2) is 0 Å². The first-order valence-electron chi connectivity index (χ1n) is 9.44. The highest BCUT2D eigenvalue weighted by Gasteiger charge is 2.38. The van der Waals surface area contributed by atoms with Crippen LogP contribution in [0.1, 0.15) is 47.4 Å². The maximum Gasteiger partial charge on any atom is 0.290 e. The van der Waals surface area contributed by atoms with Gasteiger partial charge in [-0.3, -0.25) is 9.59 Å². The van der Waals surface area contributed by atoms with E-state index < -0.39 is 6.04 Å². The molecule has 0 N–H and O–H groups in total. The van der Waals surface area contributed by atoms with Crippen LogP contribution >= 0.6 is 0 Å². The van der Waals surface area contributed by atoms with Gasteiger partial charge in [-0.15, -0.1) is 0 Å². The molecular weight excluding hydrogens is 328 g/mol. The van der Waals surface area contributed by atoms with E-state index in [4.69, 9.17) is 4.42 Å². The molecule has 5 nitrogen and oxygen atoms in total. The van der Waals surface area contributed by atoms with E-state index in [-0.39, 0.29) is 17.6 Å². The number of benzene rings is 1. The van der Waals surface area contributed by atoms with E-state index in [0.29, 0.717) is 13.0 Å². The maximum absolute atomic E-state index is 13.3. The van der Waals surface area contributed by atoms with Crippen molar-refractivity contribution in [3.8, 4) is 0 Å². The molecule has 3 heterocycles. The highest BCUT2D eigenvalue weighted by molar-refractivity contribution is 5.96. The lowest BCUT2D eigenvalue weighted by Gasteiger charge is -2.38. The van der Waals surface area contributed by atoms with Gasteiger partial charge in [0.15, 0.2) is 5.76 Å². The molecule has 2 aliphatic rings. The third kappa shape index (κ3) is 3.26. The van der Waals surface area contributed by atoms with Gasteiger partial charge in [0.25, 0.3) is 5.91 Å². The van der Waals surface area contributed by atoms with E-state index in [1.165, 1.54) is 19.1 Å². The number of carbonyl (C=O) groups is 2. The van der Waals surface area contributed by atoms with Crippen molar-refractivity contribution in [2.75, 3.05) is 13.1 Å². The Balaban J connectivity index is 1.64. The molecule has 26 heavy (non-hydrogen) atoms. The molecule has 1 fully saturated rings. The number of furan rings is 1. The fourth-order valence-corrected chi connectivity index (χ4v) is 4.00. The fourth-order valence-electron chi connectivity index (χ4n) is 4.00. The van der Waals surface area contributed by atoms with Crippen LogP contribution in [-0.2, 0) is 17.8 Å². The number of amides is 2. The standard InChI is InChI=1S/C21H24N2O3/c24-20(22-11-5-1-2-6-12-22)18-14-16-8-3-4-9-17(16)15-23(18)21(25)19-10-7-13-26-19/h3-4,7-10,13,18H,1-2,5-6,11-12,14-15H2/t18-/m1/s1. The Bertz CT molecular complexity index is 776. The lowest BCUT2D eigenvalue weighted by atomic mass is 9.92. The molecule has 1 aromatic heterocycles. The molecule has 1 atom stereocenters. The lowest BCUT2D eigenvalue weighted by Crippen LogP contribution is -2.53. The minimum Gasteiger partial charge on any atom is -0.459 e. The van der Waals surface area contributed by atoms with Crippen molar-refractivity contribution in [1.82, 2.24) is 9.80 Å². The first-order chi connectivity index (χ1) is 12.7. The normalized spacial score (nSPS) is 20.4. The summed E-state index contributed by atoms with van der Waals surface area (Å²) in [5.74, 6) is 0.150. The number of likely N-dealkylation sites (tertiary alicyclic amines) is 1. The van der Waals surface area contributed by atoms with Crippen molar-refractivity contribution >= 4 is 11.8 Å². The topological polar surface area (TPSA) is 53.8 Å². The van der Waals surface area contributed by atoms with Crippen LogP contribution in [-0.4, -0.2) is 40.7 Å². The van der Waals surface area contributed by atoms with Crippen molar-refractivity contribution in [3.05, 3.63) is 59.5 Å².